The lowest BCUT2D eigenvalue weighted by atomic mass is 9.86. The molecule has 0 amide bonds. The Hall–Kier alpha value is -2.67. The van der Waals surface area contributed by atoms with E-state index in [0.29, 0.717) is 11.5 Å². The number of hydrogen-bond donors (Lipinski definition) is 0. The highest BCUT2D eigenvalue weighted by Gasteiger charge is 2.13. The van der Waals surface area contributed by atoms with Crippen molar-refractivity contribution in [3.8, 4) is 22.3 Å². The Labute approximate surface area is 174 Å². The predicted molar refractivity (Wildman–Crippen MR) is 121 cm³/mol. The van der Waals surface area contributed by atoms with Crippen LogP contribution < -0.4 is 0 Å². The summed E-state index contributed by atoms with van der Waals surface area (Å²) < 4.78 is 14.8. The Morgan fingerprint density at radius 3 is 2.14 bits per heavy atom. The van der Waals surface area contributed by atoms with Gasteiger partial charge in [0, 0.05) is 5.56 Å². The number of halogens is 1. The molecule has 0 heterocycles. The van der Waals surface area contributed by atoms with Crippen LogP contribution >= 0.6 is 0 Å². The fourth-order valence-corrected chi connectivity index (χ4v) is 4.13. The van der Waals surface area contributed by atoms with Gasteiger partial charge in [-0.1, -0.05) is 85.3 Å². The first-order valence-electron chi connectivity index (χ1n) is 10.7. The van der Waals surface area contributed by atoms with Crippen molar-refractivity contribution in [2.75, 3.05) is 0 Å². The predicted octanol–water partition coefficient (Wildman–Crippen LogP) is 8.00. The van der Waals surface area contributed by atoms with E-state index < -0.39 is 0 Å². The molecule has 0 radical (unpaired) electrons. The molecule has 2 unspecified atom stereocenters. The third-order valence-corrected chi connectivity index (χ3v) is 6.13. The van der Waals surface area contributed by atoms with Gasteiger partial charge in [-0.25, -0.2) is 4.39 Å². The SMILES string of the molecule is Cc1ccc(-c2ccc(-c3ccc(CCC4C=CC(C)CC4)cc3)c(F)c2)cc1. The van der Waals surface area contributed by atoms with Crippen LogP contribution in [0, 0.1) is 24.6 Å². The van der Waals surface area contributed by atoms with Crippen molar-refractivity contribution in [1.82, 2.24) is 0 Å². The summed E-state index contributed by atoms with van der Waals surface area (Å²) in [4.78, 5) is 0. The first-order valence-corrected chi connectivity index (χ1v) is 10.7. The zero-order valence-corrected chi connectivity index (χ0v) is 17.4. The van der Waals surface area contributed by atoms with Crippen molar-refractivity contribution in [1.29, 1.82) is 0 Å². The second-order valence-corrected chi connectivity index (χ2v) is 8.50. The molecule has 3 aromatic rings. The molecule has 0 aliphatic heterocycles. The van der Waals surface area contributed by atoms with Crippen molar-refractivity contribution >= 4 is 0 Å². The molecule has 1 aliphatic rings. The molecule has 4 rings (SSSR count). The molecule has 0 saturated heterocycles. The van der Waals surface area contributed by atoms with Gasteiger partial charge in [0.25, 0.3) is 0 Å². The first kappa shape index (κ1) is 19.6. The van der Waals surface area contributed by atoms with Crippen LogP contribution in [0.3, 0.4) is 0 Å². The summed E-state index contributed by atoms with van der Waals surface area (Å²) in [5, 5.41) is 0. The van der Waals surface area contributed by atoms with Crippen LogP contribution in [0.4, 0.5) is 4.39 Å². The molecule has 29 heavy (non-hydrogen) atoms. The summed E-state index contributed by atoms with van der Waals surface area (Å²) in [5.41, 5.74) is 6.10. The Kier molecular flexibility index (Phi) is 5.94. The number of rotatable bonds is 5. The highest BCUT2D eigenvalue weighted by molar-refractivity contribution is 5.71. The molecular weight excluding hydrogens is 355 g/mol. The Morgan fingerprint density at radius 2 is 1.48 bits per heavy atom. The molecule has 0 N–H and O–H groups in total. The van der Waals surface area contributed by atoms with Crippen molar-refractivity contribution < 1.29 is 4.39 Å². The molecule has 148 valence electrons. The molecule has 0 bridgehead atoms. The summed E-state index contributed by atoms with van der Waals surface area (Å²) in [6.07, 6.45) is 9.64. The maximum Gasteiger partial charge on any atom is 0.131 e. The normalized spacial score (nSPS) is 18.7. The molecule has 3 aromatic carbocycles. The molecule has 0 spiro atoms. The molecule has 0 saturated carbocycles. The maximum atomic E-state index is 14.8. The average molecular weight is 385 g/mol. The molecule has 0 nitrogen and oxygen atoms in total. The number of benzene rings is 3. The summed E-state index contributed by atoms with van der Waals surface area (Å²) in [5.74, 6) is 1.27. The quantitative estimate of drug-likeness (QED) is 0.391. The third kappa shape index (κ3) is 4.85. The topological polar surface area (TPSA) is 0 Å². The van der Waals surface area contributed by atoms with Crippen molar-refractivity contribution in [2.45, 2.75) is 39.5 Å². The lowest BCUT2D eigenvalue weighted by Crippen LogP contribution is -2.07. The van der Waals surface area contributed by atoms with E-state index in [1.807, 2.05) is 24.3 Å². The summed E-state index contributed by atoms with van der Waals surface area (Å²) in [6, 6.07) is 22.2. The standard InChI is InChI=1S/C28H29F/c1-20-3-7-22(8-4-20)9-10-23-11-15-25(16-12-23)27-18-17-26(19-28(27)29)24-13-5-21(2)6-14-24/h3,5-7,11-20,22H,4,8-10H2,1-2H3. The van der Waals surface area contributed by atoms with Crippen LogP contribution in [-0.2, 0) is 6.42 Å². The zero-order chi connectivity index (χ0) is 20.2. The van der Waals surface area contributed by atoms with Crippen molar-refractivity contribution in [3.63, 3.8) is 0 Å². The van der Waals surface area contributed by atoms with E-state index >= 15 is 0 Å². The highest BCUT2D eigenvalue weighted by atomic mass is 19.1. The minimum atomic E-state index is -0.169. The second kappa shape index (κ2) is 8.78. The summed E-state index contributed by atoms with van der Waals surface area (Å²) >= 11 is 0. The summed E-state index contributed by atoms with van der Waals surface area (Å²) in [7, 11) is 0. The second-order valence-electron chi connectivity index (χ2n) is 8.50. The van der Waals surface area contributed by atoms with E-state index in [1.54, 1.807) is 6.07 Å². The van der Waals surface area contributed by atoms with Crippen LogP contribution in [0.25, 0.3) is 22.3 Å². The van der Waals surface area contributed by atoms with Gasteiger partial charge in [-0.15, -0.1) is 0 Å². The fourth-order valence-electron chi connectivity index (χ4n) is 4.13. The van der Waals surface area contributed by atoms with E-state index in [9.17, 15) is 4.39 Å². The molecular formula is C28H29F. The Bertz CT molecular complexity index is 980. The largest absolute Gasteiger partial charge is 0.206 e. The zero-order valence-electron chi connectivity index (χ0n) is 17.4. The molecule has 1 heteroatoms. The first-order chi connectivity index (χ1) is 14.1. The Balaban J connectivity index is 1.44. The maximum absolute atomic E-state index is 14.8. The monoisotopic (exact) mass is 384 g/mol. The van der Waals surface area contributed by atoms with Crippen molar-refractivity contribution in [3.05, 3.63) is 95.8 Å². The van der Waals surface area contributed by atoms with Gasteiger partial charge in [-0.05, 0) is 72.8 Å². The highest BCUT2D eigenvalue weighted by Crippen LogP contribution is 2.29. The minimum Gasteiger partial charge on any atom is -0.206 e. The van der Waals surface area contributed by atoms with Gasteiger partial charge in [-0.2, -0.15) is 0 Å². The van der Waals surface area contributed by atoms with Crippen LogP contribution in [0.5, 0.6) is 0 Å². The fraction of sp³-hybridized carbons (Fsp3) is 0.286. The van der Waals surface area contributed by atoms with Crippen LogP contribution in [0.1, 0.15) is 37.3 Å². The minimum absolute atomic E-state index is 0.169. The van der Waals surface area contributed by atoms with Gasteiger partial charge in [0.15, 0.2) is 0 Å². The van der Waals surface area contributed by atoms with E-state index in [-0.39, 0.29) is 5.82 Å². The van der Waals surface area contributed by atoms with Gasteiger partial charge in [-0.3, -0.25) is 0 Å². The van der Waals surface area contributed by atoms with E-state index in [0.717, 1.165) is 29.0 Å². The van der Waals surface area contributed by atoms with Crippen LogP contribution in [0.15, 0.2) is 78.9 Å². The number of allylic oxidation sites excluding steroid dienone is 2. The molecule has 0 aromatic heterocycles. The van der Waals surface area contributed by atoms with Gasteiger partial charge in [0.05, 0.1) is 0 Å². The van der Waals surface area contributed by atoms with E-state index in [1.165, 1.54) is 30.4 Å². The number of hydrogen-bond acceptors (Lipinski definition) is 0. The van der Waals surface area contributed by atoms with Gasteiger partial charge in [0.1, 0.15) is 5.82 Å². The van der Waals surface area contributed by atoms with Crippen molar-refractivity contribution in [2.24, 2.45) is 11.8 Å². The average Bonchev–Trinajstić information content (AvgIpc) is 2.74. The van der Waals surface area contributed by atoms with Gasteiger partial charge >= 0.3 is 0 Å². The number of aryl methyl sites for hydroxylation is 2. The molecule has 2 atom stereocenters. The molecule has 0 fully saturated rings. The van der Waals surface area contributed by atoms with Gasteiger partial charge in [0.2, 0.25) is 0 Å². The van der Waals surface area contributed by atoms with Crippen LogP contribution in [-0.4, -0.2) is 0 Å². The molecule has 1 aliphatic carbocycles. The lowest BCUT2D eigenvalue weighted by Gasteiger charge is -2.20. The lowest BCUT2D eigenvalue weighted by molar-refractivity contribution is 0.454. The van der Waals surface area contributed by atoms with Crippen LogP contribution in [0.2, 0.25) is 0 Å². The Morgan fingerprint density at radius 1 is 0.793 bits per heavy atom. The van der Waals surface area contributed by atoms with E-state index in [2.05, 4.69) is 62.4 Å². The third-order valence-electron chi connectivity index (χ3n) is 6.13. The van der Waals surface area contributed by atoms with E-state index in [4.69, 9.17) is 0 Å². The summed E-state index contributed by atoms with van der Waals surface area (Å²) in [6.45, 7) is 4.35. The smallest absolute Gasteiger partial charge is 0.131 e. The van der Waals surface area contributed by atoms with Gasteiger partial charge < -0.3 is 0 Å².